The minimum atomic E-state index is -0.459. The fraction of sp³-hybridized carbons (Fsp3) is 0.120. The van der Waals surface area contributed by atoms with E-state index in [1.807, 2.05) is 13.8 Å². The van der Waals surface area contributed by atoms with Gasteiger partial charge in [0, 0.05) is 0 Å². The maximum absolute atomic E-state index is 6.01. The lowest BCUT2D eigenvalue weighted by atomic mass is 9.78. The number of rotatable bonds is 2. The fourth-order valence-corrected chi connectivity index (χ4v) is 3.72. The first-order valence-corrected chi connectivity index (χ1v) is 9.56. The van der Waals surface area contributed by atoms with Gasteiger partial charge in [-0.25, -0.2) is 0 Å². The Hall–Kier alpha value is -3.04. The van der Waals surface area contributed by atoms with Gasteiger partial charge in [0.15, 0.2) is 0 Å². The molecule has 1 heterocycles. The Balaban J connectivity index is 1.51. The summed E-state index contributed by atoms with van der Waals surface area (Å²) >= 11 is 0. The lowest BCUT2D eigenvalue weighted by Gasteiger charge is -2.15. The van der Waals surface area contributed by atoms with Gasteiger partial charge in [-0.3, -0.25) is 0 Å². The van der Waals surface area contributed by atoms with Gasteiger partial charge in [0.25, 0.3) is 0 Å². The van der Waals surface area contributed by atoms with Crippen LogP contribution in [-0.2, 0) is 9.31 Å². The van der Waals surface area contributed by atoms with Gasteiger partial charge in [-0.1, -0.05) is 73.3 Å². The van der Waals surface area contributed by atoms with Crippen molar-refractivity contribution in [3.63, 3.8) is 0 Å². The summed E-state index contributed by atoms with van der Waals surface area (Å²) in [7, 11) is -0.396. The molecule has 4 aromatic rings. The molecule has 0 aliphatic carbocycles. The number of fused-ring (bicyclic) bond motifs is 2. The molecule has 0 amide bonds. The standard InChI is InChI=1S/C25H21BO2/c1-17-25(2,3)28-26(27-17)24-13-12-22-15-21(10-11-23(22)16-24)20-9-8-18-6-4-5-7-19(18)14-20/h4-16H,1H2,2-3H3. The summed E-state index contributed by atoms with van der Waals surface area (Å²) in [5, 5.41) is 4.89. The van der Waals surface area contributed by atoms with E-state index in [2.05, 4.69) is 85.4 Å². The van der Waals surface area contributed by atoms with E-state index in [4.69, 9.17) is 9.31 Å². The van der Waals surface area contributed by atoms with E-state index >= 15 is 0 Å². The van der Waals surface area contributed by atoms with E-state index in [1.54, 1.807) is 0 Å². The third-order valence-corrected chi connectivity index (χ3v) is 5.54. The molecule has 0 N–H and O–H groups in total. The molecule has 5 rings (SSSR count). The minimum absolute atomic E-state index is 0.396. The molecule has 1 fully saturated rings. The van der Waals surface area contributed by atoms with E-state index in [9.17, 15) is 0 Å². The van der Waals surface area contributed by atoms with Crippen molar-refractivity contribution in [3.05, 3.63) is 91.2 Å². The van der Waals surface area contributed by atoms with Crippen LogP contribution >= 0.6 is 0 Å². The smallest absolute Gasteiger partial charge is 0.534 e. The molecule has 0 radical (unpaired) electrons. The van der Waals surface area contributed by atoms with Gasteiger partial charge < -0.3 is 9.31 Å². The van der Waals surface area contributed by atoms with E-state index in [1.165, 1.54) is 32.7 Å². The molecule has 1 aliphatic heterocycles. The first-order chi connectivity index (χ1) is 13.5. The van der Waals surface area contributed by atoms with Gasteiger partial charge in [-0.15, -0.1) is 0 Å². The zero-order chi connectivity index (χ0) is 19.3. The van der Waals surface area contributed by atoms with E-state index in [-0.39, 0.29) is 0 Å². The van der Waals surface area contributed by atoms with E-state index < -0.39 is 12.7 Å². The predicted octanol–water partition coefficient (Wildman–Crippen LogP) is 5.69. The average molecular weight is 364 g/mol. The van der Waals surface area contributed by atoms with Gasteiger partial charge in [0.2, 0.25) is 0 Å². The zero-order valence-corrected chi connectivity index (χ0v) is 16.1. The third kappa shape index (κ3) is 2.89. The second kappa shape index (κ2) is 6.25. The third-order valence-electron chi connectivity index (χ3n) is 5.54. The molecule has 4 aromatic carbocycles. The molecule has 3 heteroatoms. The zero-order valence-electron chi connectivity index (χ0n) is 16.1. The highest BCUT2D eigenvalue weighted by molar-refractivity contribution is 6.62. The molecule has 0 bridgehead atoms. The maximum atomic E-state index is 6.01. The van der Waals surface area contributed by atoms with Crippen molar-refractivity contribution >= 4 is 34.1 Å². The van der Waals surface area contributed by atoms with Crippen LogP contribution in [0.25, 0.3) is 32.7 Å². The molecule has 0 aromatic heterocycles. The van der Waals surface area contributed by atoms with Crippen LogP contribution in [0.1, 0.15) is 13.8 Å². The monoisotopic (exact) mass is 364 g/mol. The quantitative estimate of drug-likeness (QED) is 0.425. The molecule has 0 atom stereocenters. The normalized spacial score (nSPS) is 15.9. The highest BCUT2D eigenvalue weighted by Crippen LogP contribution is 2.30. The van der Waals surface area contributed by atoms with Crippen molar-refractivity contribution in [2.75, 3.05) is 0 Å². The van der Waals surface area contributed by atoms with Crippen LogP contribution < -0.4 is 5.46 Å². The first kappa shape index (κ1) is 17.1. The maximum Gasteiger partial charge on any atom is 0.563 e. The van der Waals surface area contributed by atoms with Crippen LogP contribution in [-0.4, -0.2) is 12.7 Å². The average Bonchev–Trinajstić information content (AvgIpc) is 2.99. The van der Waals surface area contributed by atoms with Gasteiger partial charge in [-0.05, 0) is 64.1 Å². The van der Waals surface area contributed by atoms with E-state index in [0.717, 1.165) is 5.46 Å². The number of hydrogen-bond acceptors (Lipinski definition) is 2. The van der Waals surface area contributed by atoms with Crippen LogP contribution in [0, 0.1) is 0 Å². The summed E-state index contributed by atoms with van der Waals surface area (Å²) in [4.78, 5) is 0. The molecule has 136 valence electrons. The van der Waals surface area contributed by atoms with E-state index in [0.29, 0.717) is 5.76 Å². The number of benzene rings is 4. The molecule has 28 heavy (non-hydrogen) atoms. The summed E-state index contributed by atoms with van der Waals surface area (Å²) in [6.45, 7) is 7.92. The predicted molar refractivity (Wildman–Crippen MR) is 118 cm³/mol. The second-order valence-corrected chi connectivity index (χ2v) is 7.88. The van der Waals surface area contributed by atoms with Gasteiger partial charge in [0.05, 0.1) is 5.76 Å². The van der Waals surface area contributed by atoms with Gasteiger partial charge in [0.1, 0.15) is 5.60 Å². The van der Waals surface area contributed by atoms with Crippen molar-refractivity contribution in [2.45, 2.75) is 19.4 Å². The van der Waals surface area contributed by atoms with Crippen molar-refractivity contribution in [1.29, 1.82) is 0 Å². The lowest BCUT2D eigenvalue weighted by Crippen LogP contribution is -2.34. The Kier molecular flexibility index (Phi) is 3.82. The van der Waals surface area contributed by atoms with Crippen LogP contribution in [0.4, 0.5) is 0 Å². The summed E-state index contributed by atoms with van der Waals surface area (Å²) in [6, 6.07) is 28.0. The van der Waals surface area contributed by atoms with Crippen LogP contribution in [0.2, 0.25) is 0 Å². The van der Waals surface area contributed by atoms with Crippen molar-refractivity contribution in [3.8, 4) is 11.1 Å². The summed E-state index contributed by atoms with van der Waals surface area (Å²) in [6.07, 6.45) is 0. The fourth-order valence-electron chi connectivity index (χ4n) is 3.72. The molecular formula is C25H21BO2. The molecule has 0 unspecified atom stereocenters. The Morgan fingerprint density at radius 2 is 1.29 bits per heavy atom. The highest BCUT2D eigenvalue weighted by Gasteiger charge is 2.42. The summed E-state index contributed by atoms with van der Waals surface area (Å²) in [5.41, 5.74) is 3.00. The molecule has 1 saturated heterocycles. The Morgan fingerprint density at radius 1 is 0.714 bits per heavy atom. The summed E-state index contributed by atoms with van der Waals surface area (Å²) in [5.74, 6) is 0.671. The second-order valence-electron chi connectivity index (χ2n) is 7.88. The van der Waals surface area contributed by atoms with Gasteiger partial charge in [-0.2, -0.15) is 0 Å². The first-order valence-electron chi connectivity index (χ1n) is 9.56. The topological polar surface area (TPSA) is 18.5 Å². The molecule has 1 aliphatic rings. The molecule has 2 nitrogen and oxygen atoms in total. The molecule has 0 saturated carbocycles. The van der Waals surface area contributed by atoms with Crippen LogP contribution in [0.3, 0.4) is 0 Å². The van der Waals surface area contributed by atoms with Crippen molar-refractivity contribution in [2.24, 2.45) is 0 Å². The van der Waals surface area contributed by atoms with Crippen LogP contribution in [0.5, 0.6) is 0 Å². The summed E-state index contributed by atoms with van der Waals surface area (Å²) < 4.78 is 11.8. The largest absolute Gasteiger partial charge is 0.563 e. The highest BCUT2D eigenvalue weighted by atomic mass is 16.7. The molecule has 0 spiro atoms. The lowest BCUT2D eigenvalue weighted by molar-refractivity contribution is 0.173. The SMILES string of the molecule is C=C1OB(c2ccc3cc(-c4ccc5ccccc5c4)ccc3c2)OC1(C)C. The van der Waals surface area contributed by atoms with Crippen LogP contribution in [0.15, 0.2) is 91.2 Å². The van der Waals surface area contributed by atoms with Crippen molar-refractivity contribution < 1.29 is 9.31 Å². The van der Waals surface area contributed by atoms with Gasteiger partial charge >= 0.3 is 7.12 Å². The van der Waals surface area contributed by atoms with Crippen molar-refractivity contribution in [1.82, 2.24) is 0 Å². The Morgan fingerprint density at radius 3 is 1.96 bits per heavy atom. The minimum Gasteiger partial charge on any atom is -0.534 e. The Labute approximate surface area is 165 Å². The molecular weight excluding hydrogens is 343 g/mol. The Bertz CT molecular complexity index is 1230. The number of hydrogen-bond donors (Lipinski definition) is 0.